The number of aromatic nitrogens is 1. The number of benzene rings is 2. The van der Waals surface area contributed by atoms with E-state index in [1.807, 2.05) is 49.4 Å². The van der Waals surface area contributed by atoms with Crippen molar-refractivity contribution in [3.05, 3.63) is 54.1 Å². The van der Waals surface area contributed by atoms with Gasteiger partial charge in [0.05, 0.1) is 15.5 Å². The average Bonchev–Trinajstić information content (AvgIpc) is 2.96. The Labute approximate surface area is 145 Å². The highest BCUT2D eigenvalue weighted by molar-refractivity contribution is 7.81. The zero-order chi connectivity index (χ0) is 16.2. The van der Waals surface area contributed by atoms with Crippen molar-refractivity contribution in [1.82, 2.24) is 4.98 Å². The molecule has 1 aromatic heterocycles. The smallest absolute Gasteiger partial charge is 0.188 e. The van der Waals surface area contributed by atoms with Gasteiger partial charge in [-0.3, -0.25) is 4.79 Å². The van der Waals surface area contributed by atoms with E-state index in [1.165, 1.54) is 4.70 Å². The minimum Gasteiger partial charge on any atom is -0.332 e. The van der Waals surface area contributed by atoms with Crippen LogP contribution in [0.25, 0.3) is 10.2 Å². The first-order chi connectivity index (χ1) is 11.1. The second kappa shape index (κ2) is 7.15. The van der Waals surface area contributed by atoms with E-state index < -0.39 is 0 Å². The van der Waals surface area contributed by atoms with Crippen LogP contribution in [0.1, 0.15) is 18.9 Å². The first-order valence-electron chi connectivity index (χ1n) is 7.54. The molecule has 0 saturated heterocycles. The summed E-state index contributed by atoms with van der Waals surface area (Å²) in [6.45, 7) is 1.82. The van der Waals surface area contributed by atoms with Gasteiger partial charge in [0.25, 0.3) is 0 Å². The Hall–Kier alpha value is -1.85. The Morgan fingerprint density at radius 1 is 1.22 bits per heavy atom. The first kappa shape index (κ1) is 16.0. The molecule has 5 heteroatoms. The number of ketones is 1. The predicted octanol–water partition coefficient (Wildman–Crippen LogP) is 4.86. The fraction of sp³-hybridized carbons (Fsp3) is 0.222. The lowest BCUT2D eigenvalue weighted by molar-refractivity contribution is -0.118. The van der Waals surface area contributed by atoms with Crippen molar-refractivity contribution in [2.45, 2.75) is 25.0 Å². The van der Waals surface area contributed by atoms with Gasteiger partial charge in [-0.25, -0.2) is 4.98 Å². The van der Waals surface area contributed by atoms with Crippen molar-refractivity contribution in [3.8, 4) is 0 Å². The number of thiazole rings is 1. The van der Waals surface area contributed by atoms with E-state index in [2.05, 4.69) is 29.0 Å². The number of rotatable bonds is 6. The number of para-hydroxylation sites is 1. The van der Waals surface area contributed by atoms with Crippen molar-refractivity contribution in [2.75, 3.05) is 5.32 Å². The van der Waals surface area contributed by atoms with E-state index in [0.29, 0.717) is 6.42 Å². The number of fused-ring (bicyclic) bond motifs is 1. The number of carbonyl (C=O) groups excluding carboxylic acids is 1. The average molecular weight is 342 g/mol. The van der Waals surface area contributed by atoms with Crippen LogP contribution in [0, 0.1) is 0 Å². The molecule has 3 rings (SSSR count). The topological polar surface area (TPSA) is 42.0 Å². The van der Waals surface area contributed by atoms with Gasteiger partial charge in [-0.15, -0.1) is 0 Å². The highest BCUT2D eigenvalue weighted by Crippen LogP contribution is 2.28. The van der Waals surface area contributed by atoms with Gasteiger partial charge in [0.1, 0.15) is 5.78 Å². The standard InChI is InChI=1S/C18H18N2OS2/c1-12(22)16(21)11-8-13-6-9-14(10-7-13)19-18-20-15-4-2-3-5-17(15)23-18/h2-7,9-10,12,22H,8,11H2,1H3,(H,19,20). The summed E-state index contributed by atoms with van der Waals surface area (Å²) in [5.41, 5.74) is 3.17. The second-order valence-corrected chi connectivity index (χ2v) is 7.26. The van der Waals surface area contributed by atoms with Crippen LogP contribution in [0.2, 0.25) is 0 Å². The normalized spacial score (nSPS) is 12.3. The summed E-state index contributed by atoms with van der Waals surface area (Å²) >= 11 is 5.81. The number of aryl methyl sites for hydroxylation is 1. The van der Waals surface area contributed by atoms with Gasteiger partial charge in [0, 0.05) is 12.1 Å². The van der Waals surface area contributed by atoms with E-state index in [-0.39, 0.29) is 11.0 Å². The first-order valence-corrected chi connectivity index (χ1v) is 8.87. The Kier molecular flexibility index (Phi) is 4.98. The molecule has 1 N–H and O–H groups in total. The number of nitrogens with zero attached hydrogens (tertiary/aromatic N) is 1. The Morgan fingerprint density at radius 2 is 1.96 bits per heavy atom. The van der Waals surface area contributed by atoms with Gasteiger partial charge in [0.15, 0.2) is 5.13 Å². The number of hydrogen-bond donors (Lipinski definition) is 2. The lowest BCUT2D eigenvalue weighted by atomic mass is 10.1. The molecule has 0 aliphatic heterocycles. The number of Topliss-reactive ketones (excluding diaryl/α,β-unsaturated/α-hetero) is 1. The van der Waals surface area contributed by atoms with Crippen LogP contribution in [0.3, 0.4) is 0 Å². The van der Waals surface area contributed by atoms with E-state index >= 15 is 0 Å². The second-order valence-electron chi connectivity index (χ2n) is 5.45. The van der Waals surface area contributed by atoms with Gasteiger partial charge in [-0.2, -0.15) is 12.6 Å². The lowest BCUT2D eigenvalue weighted by Crippen LogP contribution is -2.10. The van der Waals surface area contributed by atoms with E-state index in [0.717, 1.165) is 28.3 Å². The highest BCUT2D eigenvalue weighted by Gasteiger charge is 2.08. The summed E-state index contributed by atoms with van der Waals surface area (Å²) in [6, 6.07) is 16.2. The molecule has 0 amide bonds. The summed E-state index contributed by atoms with van der Waals surface area (Å²) in [7, 11) is 0. The third kappa shape index (κ3) is 4.12. The number of anilines is 2. The molecule has 1 unspecified atom stereocenters. The molecule has 3 aromatic rings. The summed E-state index contributed by atoms with van der Waals surface area (Å²) in [6.07, 6.45) is 1.29. The monoisotopic (exact) mass is 342 g/mol. The van der Waals surface area contributed by atoms with Crippen molar-refractivity contribution in [2.24, 2.45) is 0 Å². The summed E-state index contributed by atoms with van der Waals surface area (Å²) in [5.74, 6) is 0.185. The van der Waals surface area contributed by atoms with Gasteiger partial charge in [0.2, 0.25) is 0 Å². The Balaban J connectivity index is 1.64. The third-order valence-electron chi connectivity index (χ3n) is 3.63. The van der Waals surface area contributed by atoms with Crippen LogP contribution in [0.5, 0.6) is 0 Å². The third-order valence-corrected chi connectivity index (χ3v) is 4.86. The van der Waals surface area contributed by atoms with Gasteiger partial charge < -0.3 is 5.32 Å². The molecular weight excluding hydrogens is 324 g/mol. The van der Waals surface area contributed by atoms with Crippen molar-refractivity contribution >= 4 is 50.8 Å². The molecule has 1 heterocycles. The fourth-order valence-electron chi connectivity index (χ4n) is 2.28. The molecule has 0 radical (unpaired) electrons. The number of nitrogens with one attached hydrogen (secondary N) is 1. The summed E-state index contributed by atoms with van der Waals surface area (Å²) in [5, 5.41) is 4.03. The van der Waals surface area contributed by atoms with Gasteiger partial charge >= 0.3 is 0 Å². The van der Waals surface area contributed by atoms with E-state index in [1.54, 1.807) is 11.3 Å². The highest BCUT2D eigenvalue weighted by atomic mass is 32.1. The molecule has 0 aliphatic carbocycles. The Bertz CT molecular complexity index is 776. The molecule has 0 spiro atoms. The molecule has 3 nitrogen and oxygen atoms in total. The maximum Gasteiger partial charge on any atom is 0.188 e. The van der Waals surface area contributed by atoms with Crippen LogP contribution in [0.4, 0.5) is 10.8 Å². The minimum absolute atomic E-state index is 0.185. The van der Waals surface area contributed by atoms with Crippen LogP contribution in [0.15, 0.2) is 48.5 Å². The van der Waals surface area contributed by atoms with Crippen LogP contribution >= 0.6 is 24.0 Å². The quantitative estimate of drug-likeness (QED) is 0.629. The minimum atomic E-state index is -0.185. The number of thiol groups is 1. The van der Waals surface area contributed by atoms with Crippen molar-refractivity contribution < 1.29 is 4.79 Å². The predicted molar refractivity (Wildman–Crippen MR) is 101 cm³/mol. The molecule has 0 aliphatic rings. The maximum absolute atomic E-state index is 11.6. The molecule has 0 bridgehead atoms. The van der Waals surface area contributed by atoms with Crippen molar-refractivity contribution in [3.63, 3.8) is 0 Å². The lowest BCUT2D eigenvalue weighted by Gasteiger charge is -2.06. The van der Waals surface area contributed by atoms with Crippen LogP contribution in [-0.2, 0) is 11.2 Å². The molecule has 118 valence electrons. The number of hydrogen-bond acceptors (Lipinski definition) is 5. The van der Waals surface area contributed by atoms with Crippen molar-refractivity contribution in [1.29, 1.82) is 0 Å². The van der Waals surface area contributed by atoms with E-state index in [9.17, 15) is 4.79 Å². The SMILES string of the molecule is CC(S)C(=O)CCc1ccc(Nc2nc3ccccc3s2)cc1. The molecule has 0 saturated carbocycles. The molecule has 0 fully saturated rings. The summed E-state index contributed by atoms with van der Waals surface area (Å²) < 4.78 is 1.17. The molecular formula is C18H18N2OS2. The van der Waals surface area contributed by atoms with Gasteiger partial charge in [-0.1, -0.05) is 35.6 Å². The molecule has 23 heavy (non-hydrogen) atoms. The zero-order valence-electron chi connectivity index (χ0n) is 12.8. The molecule has 1 atom stereocenters. The van der Waals surface area contributed by atoms with Crippen LogP contribution in [-0.4, -0.2) is 16.0 Å². The zero-order valence-corrected chi connectivity index (χ0v) is 14.5. The Morgan fingerprint density at radius 3 is 2.65 bits per heavy atom. The van der Waals surface area contributed by atoms with E-state index in [4.69, 9.17) is 0 Å². The maximum atomic E-state index is 11.6. The fourth-order valence-corrected chi connectivity index (χ4v) is 3.30. The summed E-state index contributed by atoms with van der Waals surface area (Å²) in [4.78, 5) is 16.2. The van der Waals surface area contributed by atoms with Crippen LogP contribution < -0.4 is 5.32 Å². The number of carbonyl (C=O) groups is 1. The molecule has 2 aromatic carbocycles. The van der Waals surface area contributed by atoms with Gasteiger partial charge in [-0.05, 0) is 43.2 Å². The largest absolute Gasteiger partial charge is 0.332 e.